The number of amides is 2. The molecule has 146 valence electrons. The normalized spacial score (nSPS) is 11.5. The fraction of sp³-hybridized carbons (Fsp3) is 0.250. The third-order valence-corrected chi connectivity index (χ3v) is 5.26. The Hall–Kier alpha value is -3.13. The Kier molecular flexibility index (Phi) is 6.10. The molecule has 2 aromatic carbocycles. The maximum absolute atomic E-state index is 11.7. The van der Waals surface area contributed by atoms with E-state index in [0.29, 0.717) is 35.3 Å². The molecule has 1 aromatic heterocycles. The van der Waals surface area contributed by atoms with Gasteiger partial charge in [-0.2, -0.15) is 0 Å². The molecule has 0 atom stereocenters. The van der Waals surface area contributed by atoms with Crippen LogP contribution in [0.15, 0.2) is 47.6 Å². The zero-order valence-corrected chi connectivity index (χ0v) is 16.8. The molecule has 1 heterocycles. The molecule has 7 nitrogen and oxygen atoms in total. The highest BCUT2D eigenvalue weighted by Crippen LogP contribution is 2.35. The second kappa shape index (κ2) is 8.71. The van der Waals surface area contributed by atoms with E-state index >= 15 is 0 Å². The summed E-state index contributed by atoms with van der Waals surface area (Å²) in [6.07, 6.45) is 0. The molecular weight excluding hydrogens is 376 g/mol. The highest BCUT2D eigenvalue weighted by molar-refractivity contribution is 7.22. The van der Waals surface area contributed by atoms with Gasteiger partial charge in [0, 0.05) is 18.2 Å². The Morgan fingerprint density at radius 3 is 2.68 bits per heavy atom. The summed E-state index contributed by atoms with van der Waals surface area (Å²) in [4.78, 5) is 22.7. The van der Waals surface area contributed by atoms with Crippen LogP contribution in [-0.2, 0) is 11.4 Å². The zero-order valence-electron chi connectivity index (χ0n) is 16.0. The fourth-order valence-corrected chi connectivity index (χ4v) is 3.96. The minimum atomic E-state index is -0.536. The summed E-state index contributed by atoms with van der Waals surface area (Å²) in [5.41, 5.74) is 8.78. The minimum Gasteiger partial charge on any atom is -0.489 e. The Balaban J connectivity index is 2.03. The minimum absolute atomic E-state index is 0.436. The van der Waals surface area contributed by atoms with Crippen molar-refractivity contribution in [3.05, 3.63) is 53.6 Å². The van der Waals surface area contributed by atoms with Crippen LogP contribution in [0.3, 0.4) is 0 Å². The quantitative estimate of drug-likeness (QED) is 0.478. The van der Waals surface area contributed by atoms with E-state index in [1.807, 2.05) is 56.3 Å². The van der Waals surface area contributed by atoms with Crippen LogP contribution < -0.4 is 15.4 Å². The van der Waals surface area contributed by atoms with Gasteiger partial charge in [0.1, 0.15) is 19.5 Å². The average molecular weight is 398 g/mol. The number of carbonyl (C=O) groups is 1. The van der Waals surface area contributed by atoms with Crippen molar-refractivity contribution < 1.29 is 14.4 Å². The molecule has 28 heavy (non-hydrogen) atoms. The number of rotatable bonds is 7. The number of fused-ring (bicyclic) bond motifs is 1. The van der Waals surface area contributed by atoms with Crippen LogP contribution in [0.5, 0.6) is 5.75 Å². The first kappa shape index (κ1) is 19.6. The van der Waals surface area contributed by atoms with Crippen LogP contribution in [0.25, 0.3) is 10.2 Å². The predicted octanol–water partition coefficient (Wildman–Crippen LogP) is 4.15. The summed E-state index contributed by atoms with van der Waals surface area (Å²) in [6, 6.07) is 13.1. The van der Waals surface area contributed by atoms with Crippen molar-refractivity contribution in [1.29, 1.82) is 0 Å². The second-order valence-corrected chi connectivity index (χ2v) is 7.01. The number of aromatic nitrogens is 1. The molecule has 8 heteroatoms. The largest absolute Gasteiger partial charge is 0.489 e. The van der Waals surface area contributed by atoms with Gasteiger partial charge in [0.05, 0.1) is 15.9 Å². The number of carbonyl (C=O) groups excluding carboxylic acids is 1. The van der Waals surface area contributed by atoms with Crippen molar-refractivity contribution in [2.24, 2.45) is 10.9 Å². The summed E-state index contributed by atoms with van der Waals surface area (Å²) < 4.78 is 6.87. The van der Waals surface area contributed by atoms with Crippen LogP contribution in [0.2, 0.25) is 0 Å². The third kappa shape index (κ3) is 4.23. The Labute approximate surface area is 167 Å². The lowest BCUT2D eigenvalue weighted by atomic mass is 10.1. The number of thiazole rings is 1. The maximum Gasteiger partial charge on any atom is 0.321 e. The fourth-order valence-electron chi connectivity index (χ4n) is 2.78. The van der Waals surface area contributed by atoms with E-state index in [0.717, 1.165) is 15.8 Å². The summed E-state index contributed by atoms with van der Waals surface area (Å²) in [5.74, 6) is 0.663. The van der Waals surface area contributed by atoms with E-state index in [1.165, 1.54) is 23.3 Å². The highest BCUT2D eigenvalue weighted by atomic mass is 32.1. The van der Waals surface area contributed by atoms with Gasteiger partial charge in [0.15, 0.2) is 5.13 Å². The topological polar surface area (TPSA) is 90.0 Å². The Morgan fingerprint density at radius 1 is 1.29 bits per heavy atom. The van der Waals surface area contributed by atoms with E-state index in [-0.39, 0.29) is 0 Å². The number of oxime groups is 1. The van der Waals surface area contributed by atoms with Gasteiger partial charge >= 0.3 is 6.03 Å². The summed E-state index contributed by atoms with van der Waals surface area (Å²) in [6.45, 7) is 4.58. The number of nitrogens with two attached hydrogens (primary N) is 1. The molecule has 0 aliphatic heterocycles. The van der Waals surface area contributed by atoms with Crippen LogP contribution in [0.4, 0.5) is 9.93 Å². The van der Waals surface area contributed by atoms with Crippen LogP contribution in [-0.4, -0.2) is 30.4 Å². The van der Waals surface area contributed by atoms with Crippen molar-refractivity contribution >= 4 is 38.4 Å². The van der Waals surface area contributed by atoms with Gasteiger partial charge in [-0.25, -0.2) is 9.78 Å². The number of benzene rings is 2. The first-order valence-electron chi connectivity index (χ1n) is 8.79. The average Bonchev–Trinajstić information content (AvgIpc) is 3.10. The Morgan fingerprint density at radius 2 is 2.04 bits per heavy atom. The first-order chi connectivity index (χ1) is 13.5. The molecule has 0 bridgehead atoms. The second-order valence-electron chi connectivity index (χ2n) is 6.03. The van der Waals surface area contributed by atoms with E-state index in [4.69, 9.17) is 15.3 Å². The third-order valence-electron chi connectivity index (χ3n) is 4.13. The molecule has 2 N–H and O–H groups in total. The number of hydrogen-bond acceptors (Lipinski definition) is 6. The molecule has 3 aromatic rings. The van der Waals surface area contributed by atoms with Gasteiger partial charge in [-0.05, 0) is 25.5 Å². The number of anilines is 1. The molecule has 0 saturated heterocycles. The lowest BCUT2D eigenvalue weighted by Crippen LogP contribution is -2.35. The van der Waals surface area contributed by atoms with E-state index < -0.39 is 6.03 Å². The lowest BCUT2D eigenvalue weighted by Gasteiger charge is -2.13. The molecule has 3 rings (SSSR count). The van der Waals surface area contributed by atoms with Crippen LogP contribution in [0.1, 0.15) is 25.0 Å². The number of urea groups is 1. The molecule has 0 spiro atoms. The van der Waals surface area contributed by atoms with Gasteiger partial charge in [-0.3, -0.25) is 4.90 Å². The molecule has 0 radical (unpaired) electrons. The summed E-state index contributed by atoms with van der Waals surface area (Å²) in [5, 5.41) is 4.59. The summed E-state index contributed by atoms with van der Waals surface area (Å²) in [7, 11) is 1.50. The zero-order chi connectivity index (χ0) is 20.1. The molecule has 0 fully saturated rings. The smallest absolute Gasteiger partial charge is 0.321 e. The van der Waals surface area contributed by atoms with Crippen molar-refractivity contribution in [3.8, 4) is 5.75 Å². The Bertz CT molecular complexity index is 1000. The molecular formula is C20H22N4O3S. The van der Waals surface area contributed by atoms with E-state index in [9.17, 15) is 4.79 Å². The maximum atomic E-state index is 11.7. The SMILES string of the molecule is CCN(C(N)=O)c1nc2cc(OCc3ccccc3)cc(/C(C)=N/OC)c2s1. The number of hydrogen-bond donors (Lipinski definition) is 1. The predicted molar refractivity (Wildman–Crippen MR) is 112 cm³/mol. The van der Waals surface area contributed by atoms with Gasteiger partial charge < -0.3 is 15.3 Å². The first-order valence-corrected chi connectivity index (χ1v) is 9.61. The van der Waals surface area contributed by atoms with Crippen LogP contribution >= 0.6 is 11.3 Å². The monoisotopic (exact) mass is 398 g/mol. The molecule has 0 aliphatic rings. The van der Waals surface area contributed by atoms with E-state index in [1.54, 1.807) is 0 Å². The van der Waals surface area contributed by atoms with Crippen molar-refractivity contribution in [2.75, 3.05) is 18.6 Å². The number of ether oxygens (including phenoxy) is 1. The number of primary amides is 1. The summed E-state index contributed by atoms with van der Waals surface area (Å²) >= 11 is 1.38. The molecule has 0 unspecified atom stereocenters. The van der Waals surface area contributed by atoms with Crippen molar-refractivity contribution in [2.45, 2.75) is 20.5 Å². The molecule has 2 amide bonds. The lowest BCUT2D eigenvalue weighted by molar-refractivity contribution is 0.213. The highest BCUT2D eigenvalue weighted by Gasteiger charge is 2.19. The molecule has 0 aliphatic carbocycles. The standard InChI is InChI=1S/C20H22N4O3S/c1-4-24(19(21)25)20-22-17-11-15(27-12-14-8-6-5-7-9-14)10-16(18(17)28-20)13(2)23-26-3/h5-11H,4,12H2,1-3H3,(H2,21,25)/b23-13+. The van der Waals surface area contributed by atoms with E-state index in [2.05, 4.69) is 10.1 Å². The van der Waals surface area contributed by atoms with Crippen molar-refractivity contribution in [3.63, 3.8) is 0 Å². The van der Waals surface area contributed by atoms with Gasteiger partial charge in [0.2, 0.25) is 0 Å². The van der Waals surface area contributed by atoms with Crippen LogP contribution in [0, 0.1) is 0 Å². The van der Waals surface area contributed by atoms with Crippen molar-refractivity contribution in [1.82, 2.24) is 4.98 Å². The van der Waals surface area contributed by atoms with Gasteiger partial charge in [0.25, 0.3) is 0 Å². The molecule has 0 saturated carbocycles. The van der Waals surface area contributed by atoms with Gasteiger partial charge in [-0.15, -0.1) is 0 Å². The number of nitrogens with zero attached hydrogens (tertiary/aromatic N) is 3. The van der Waals surface area contributed by atoms with Gasteiger partial charge in [-0.1, -0.05) is 46.8 Å².